The van der Waals surface area contributed by atoms with E-state index in [2.05, 4.69) is 46.8 Å². The summed E-state index contributed by atoms with van der Waals surface area (Å²) in [4.78, 5) is 9.29. The number of rotatable bonds is 6. The first-order valence-corrected chi connectivity index (χ1v) is 10.2. The molecule has 0 amide bonds. The molecule has 2 aromatic rings. The summed E-state index contributed by atoms with van der Waals surface area (Å²) in [5.41, 5.74) is 0.863. The SMILES string of the molecule is CCNC(=NCc1nc(C(C)(C)C)cs1)NCC(C)(O)c1cc(C)oc1C.I. The van der Waals surface area contributed by atoms with E-state index in [1.54, 1.807) is 18.3 Å². The van der Waals surface area contributed by atoms with Crippen LogP contribution in [-0.2, 0) is 17.6 Å². The molecule has 0 spiro atoms. The normalized spacial score (nSPS) is 14.4. The highest BCUT2D eigenvalue weighted by Gasteiger charge is 2.28. The van der Waals surface area contributed by atoms with Crippen molar-refractivity contribution in [3.63, 3.8) is 0 Å². The van der Waals surface area contributed by atoms with Crippen molar-refractivity contribution < 1.29 is 9.52 Å². The molecule has 1 atom stereocenters. The maximum Gasteiger partial charge on any atom is 0.191 e. The number of halogens is 1. The van der Waals surface area contributed by atoms with Crippen LogP contribution >= 0.6 is 35.3 Å². The smallest absolute Gasteiger partial charge is 0.191 e. The van der Waals surface area contributed by atoms with E-state index in [9.17, 15) is 5.11 Å². The summed E-state index contributed by atoms with van der Waals surface area (Å²) < 4.78 is 5.55. The number of guanidine groups is 1. The van der Waals surface area contributed by atoms with Crippen LogP contribution in [0.2, 0.25) is 0 Å². The zero-order valence-electron chi connectivity index (χ0n) is 17.8. The summed E-state index contributed by atoms with van der Waals surface area (Å²) >= 11 is 1.63. The second-order valence-electron chi connectivity index (χ2n) is 8.03. The van der Waals surface area contributed by atoms with Crippen LogP contribution in [0.15, 0.2) is 20.9 Å². The minimum atomic E-state index is -1.06. The predicted molar refractivity (Wildman–Crippen MR) is 127 cm³/mol. The van der Waals surface area contributed by atoms with Crippen molar-refractivity contribution >= 4 is 41.3 Å². The summed E-state index contributed by atoms with van der Waals surface area (Å²) in [6, 6.07) is 1.88. The molecular formula is C20H33IN4O2S. The van der Waals surface area contributed by atoms with Crippen LogP contribution in [-0.4, -0.2) is 29.1 Å². The van der Waals surface area contributed by atoms with Gasteiger partial charge in [-0.15, -0.1) is 35.3 Å². The van der Waals surface area contributed by atoms with Crippen molar-refractivity contribution in [1.29, 1.82) is 0 Å². The standard InChI is InChI=1S/C20H32N4O2S.HI/c1-8-21-18(22-10-17-24-16(11-27-17)19(4,5)6)23-12-20(7,25)15-9-13(2)26-14(15)3;/h9,11,25H,8,10,12H2,1-7H3,(H2,21,22,23);1H. The third kappa shape index (κ3) is 6.73. The summed E-state index contributed by atoms with van der Waals surface area (Å²) in [5, 5.41) is 20.4. The van der Waals surface area contributed by atoms with Gasteiger partial charge in [0, 0.05) is 22.9 Å². The molecule has 2 aromatic heterocycles. The van der Waals surface area contributed by atoms with Crippen molar-refractivity contribution in [1.82, 2.24) is 15.6 Å². The molecule has 8 heteroatoms. The molecule has 158 valence electrons. The number of hydrogen-bond donors (Lipinski definition) is 3. The number of nitrogens with zero attached hydrogens (tertiary/aromatic N) is 2. The van der Waals surface area contributed by atoms with E-state index in [1.807, 2.05) is 26.8 Å². The average Bonchev–Trinajstić information content (AvgIpc) is 3.16. The Morgan fingerprint density at radius 2 is 1.93 bits per heavy atom. The maximum absolute atomic E-state index is 10.9. The predicted octanol–water partition coefficient (Wildman–Crippen LogP) is 4.23. The number of aliphatic hydroxyl groups is 1. The Morgan fingerprint density at radius 3 is 2.43 bits per heavy atom. The van der Waals surface area contributed by atoms with Gasteiger partial charge in [-0.1, -0.05) is 20.8 Å². The number of aryl methyl sites for hydroxylation is 2. The third-order valence-corrected chi connectivity index (χ3v) is 5.09. The van der Waals surface area contributed by atoms with Gasteiger partial charge in [-0.2, -0.15) is 0 Å². The zero-order valence-corrected chi connectivity index (χ0v) is 21.0. The summed E-state index contributed by atoms with van der Waals surface area (Å²) in [7, 11) is 0. The molecule has 0 aliphatic heterocycles. The molecule has 3 N–H and O–H groups in total. The van der Waals surface area contributed by atoms with Crippen LogP contribution in [0.25, 0.3) is 0 Å². The lowest BCUT2D eigenvalue weighted by Crippen LogP contribution is -2.44. The number of aliphatic imine (C=N–C) groups is 1. The van der Waals surface area contributed by atoms with Gasteiger partial charge in [0.2, 0.25) is 0 Å². The molecule has 2 rings (SSSR count). The molecule has 28 heavy (non-hydrogen) atoms. The van der Waals surface area contributed by atoms with E-state index < -0.39 is 5.60 Å². The third-order valence-electron chi connectivity index (χ3n) is 4.26. The highest BCUT2D eigenvalue weighted by atomic mass is 127. The Morgan fingerprint density at radius 1 is 1.25 bits per heavy atom. The van der Waals surface area contributed by atoms with Gasteiger partial charge in [-0.3, -0.25) is 0 Å². The molecule has 0 saturated carbocycles. The first-order chi connectivity index (χ1) is 12.5. The molecule has 0 aliphatic rings. The van der Waals surface area contributed by atoms with Gasteiger partial charge < -0.3 is 20.2 Å². The molecular weight excluding hydrogens is 487 g/mol. The van der Waals surface area contributed by atoms with Crippen LogP contribution in [0.4, 0.5) is 0 Å². The molecule has 0 saturated heterocycles. The average molecular weight is 520 g/mol. The minimum absolute atomic E-state index is 0. The van der Waals surface area contributed by atoms with E-state index in [1.165, 1.54) is 0 Å². The molecule has 0 aliphatic carbocycles. The second-order valence-corrected chi connectivity index (χ2v) is 8.97. The van der Waals surface area contributed by atoms with Crippen LogP contribution < -0.4 is 10.6 Å². The Bertz CT molecular complexity index is 790. The van der Waals surface area contributed by atoms with Gasteiger partial charge in [-0.05, 0) is 33.8 Å². The van der Waals surface area contributed by atoms with Crippen molar-refractivity contribution in [2.45, 2.75) is 66.0 Å². The number of nitrogens with one attached hydrogen (secondary N) is 2. The van der Waals surface area contributed by atoms with Crippen molar-refractivity contribution in [2.24, 2.45) is 4.99 Å². The molecule has 0 radical (unpaired) electrons. The monoisotopic (exact) mass is 520 g/mol. The number of furan rings is 1. The first-order valence-electron chi connectivity index (χ1n) is 9.30. The van der Waals surface area contributed by atoms with E-state index >= 15 is 0 Å². The van der Waals surface area contributed by atoms with Crippen LogP contribution in [0.5, 0.6) is 0 Å². The summed E-state index contributed by atoms with van der Waals surface area (Å²) in [6.45, 7) is 15.6. The number of thiazole rings is 1. The zero-order chi connectivity index (χ0) is 20.2. The molecule has 0 aromatic carbocycles. The van der Waals surface area contributed by atoms with E-state index in [-0.39, 0.29) is 29.4 Å². The van der Waals surface area contributed by atoms with Gasteiger partial charge in [-0.25, -0.2) is 9.98 Å². The Hall–Kier alpha value is -1.13. The van der Waals surface area contributed by atoms with Crippen LogP contribution in [0, 0.1) is 13.8 Å². The molecule has 2 heterocycles. The Balaban J connectivity index is 0.00000392. The van der Waals surface area contributed by atoms with Gasteiger partial charge in [0.25, 0.3) is 0 Å². The van der Waals surface area contributed by atoms with E-state index in [4.69, 9.17) is 4.42 Å². The van der Waals surface area contributed by atoms with Crippen molar-refractivity contribution in [2.75, 3.05) is 13.1 Å². The highest BCUT2D eigenvalue weighted by molar-refractivity contribution is 14.0. The largest absolute Gasteiger partial charge is 0.466 e. The molecule has 0 fully saturated rings. The molecule has 0 bridgehead atoms. The fraction of sp³-hybridized carbons (Fsp3) is 0.600. The highest BCUT2D eigenvalue weighted by Crippen LogP contribution is 2.26. The Labute approximate surface area is 189 Å². The summed E-state index contributed by atoms with van der Waals surface area (Å²) in [6.07, 6.45) is 0. The van der Waals surface area contributed by atoms with E-state index in [0.29, 0.717) is 19.0 Å². The van der Waals surface area contributed by atoms with Gasteiger partial charge in [0.05, 0.1) is 18.8 Å². The molecule has 6 nitrogen and oxygen atoms in total. The number of hydrogen-bond acceptors (Lipinski definition) is 5. The minimum Gasteiger partial charge on any atom is -0.466 e. The van der Waals surface area contributed by atoms with Gasteiger partial charge in [0.15, 0.2) is 5.96 Å². The van der Waals surface area contributed by atoms with Gasteiger partial charge in [0.1, 0.15) is 22.1 Å². The van der Waals surface area contributed by atoms with Crippen LogP contribution in [0.1, 0.15) is 62.4 Å². The maximum atomic E-state index is 10.9. The number of aromatic nitrogens is 1. The quantitative estimate of drug-likeness (QED) is 0.302. The fourth-order valence-electron chi connectivity index (χ4n) is 2.73. The second kappa shape index (κ2) is 10.1. The summed E-state index contributed by atoms with van der Waals surface area (Å²) in [5.74, 6) is 2.18. The first kappa shape index (κ1) is 24.9. The fourth-order valence-corrected chi connectivity index (χ4v) is 3.68. The molecule has 1 unspecified atom stereocenters. The Kier molecular flexibility index (Phi) is 8.95. The van der Waals surface area contributed by atoms with Gasteiger partial charge >= 0.3 is 0 Å². The lowest BCUT2D eigenvalue weighted by molar-refractivity contribution is 0.0601. The lowest BCUT2D eigenvalue weighted by Gasteiger charge is -2.24. The lowest BCUT2D eigenvalue weighted by atomic mass is 9.93. The van der Waals surface area contributed by atoms with Crippen LogP contribution in [0.3, 0.4) is 0 Å². The van der Waals surface area contributed by atoms with E-state index in [0.717, 1.165) is 34.3 Å². The van der Waals surface area contributed by atoms with Crippen molar-refractivity contribution in [3.8, 4) is 0 Å². The van der Waals surface area contributed by atoms with Crippen molar-refractivity contribution in [3.05, 3.63) is 39.2 Å². The topological polar surface area (TPSA) is 82.7 Å².